The monoisotopic (exact) mass is 414 g/mol. The van der Waals surface area contributed by atoms with Gasteiger partial charge in [0.1, 0.15) is 23.0 Å². The van der Waals surface area contributed by atoms with Crippen molar-refractivity contribution in [2.45, 2.75) is 0 Å². The van der Waals surface area contributed by atoms with Gasteiger partial charge in [0.05, 0.1) is 14.2 Å². The van der Waals surface area contributed by atoms with E-state index in [0.717, 1.165) is 0 Å². The highest BCUT2D eigenvalue weighted by Crippen LogP contribution is 2.48. The van der Waals surface area contributed by atoms with Crippen LogP contribution in [0.1, 0.15) is 0 Å². The minimum absolute atomic E-state index is 0.0122. The Bertz CT molecular complexity index is 1140. The maximum Gasteiger partial charge on any atom is 0.131 e. The van der Waals surface area contributed by atoms with Gasteiger partial charge in [0.25, 0.3) is 0 Å². The Kier molecular flexibility index (Phi) is 4.61. The molecule has 0 bridgehead atoms. The third-order valence-electron chi connectivity index (χ3n) is 4.80. The number of hydrogen-bond acceptors (Lipinski definition) is 4. The minimum atomic E-state index is 0.0122. The first-order valence-electron chi connectivity index (χ1n) is 8.43. The fraction of sp³-hybridized carbons (Fsp3) is 0.0909. The molecule has 0 aliphatic heterocycles. The second-order valence-electron chi connectivity index (χ2n) is 6.33. The quantitative estimate of drug-likeness (QED) is 0.407. The summed E-state index contributed by atoms with van der Waals surface area (Å²) in [6.07, 6.45) is 0. The molecule has 0 aliphatic rings. The number of phenols is 2. The number of ether oxygens (including phenoxy) is 2. The first-order chi connectivity index (χ1) is 13.4. The summed E-state index contributed by atoms with van der Waals surface area (Å²) in [5.74, 6) is 1.08. The Morgan fingerprint density at radius 3 is 1.36 bits per heavy atom. The molecule has 0 saturated carbocycles. The van der Waals surface area contributed by atoms with Crippen LogP contribution >= 0.6 is 23.2 Å². The van der Waals surface area contributed by atoms with Gasteiger partial charge >= 0.3 is 0 Å². The average Bonchev–Trinajstić information content (AvgIpc) is 2.69. The van der Waals surface area contributed by atoms with E-state index in [-0.39, 0.29) is 11.5 Å². The number of fused-ring (bicyclic) bond motifs is 2. The van der Waals surface area contributed by atoms with Gasteiger partial charge in [-0.1, -0.05) is 23.2 Å². The third kappa shape index (κ3) is 2.86. The first-order valence-corrected chi connectivity index (χ1v) is 9.19. The Morgan fingerprint density at radius 1 is 0.607 bits per heavy atom. The molecule has 0 aliphatic carbocycles. The van der Waals surface area contributed by atoms with Crippen molar-refractivity contribution in [2.24, 2.45) is 0 Å². The summed E-state index contributed by atoms with van der Waals surface area (Å²) in [5.41, 5.74) is 0.832. The molecule has 0 unspecified atom stereocenters. The van der Waals surface area contributed by atoms with Gasteiger partial charge in [-0.15, -0.1) is 0 Å². The molecular formula is C22H16Cl2O4. The van der Waals surface area contributed by atoms with Crippen LogP contribution in [0, 0.1) is 0 Å². The fourth-order valence-corrected chi connectivity index (χ4v) is 3.79. The number of benzene rings is 4. The number of halogens is 2. The maximum atomic E-state index is 10.9. The minimum Gasteiger partial charge on any atom is -0.507 e. The zero-order valence-electron chi connectivity index (χ0n) is 15.1. The Morgan fingerprint density at radius 2 is 1.00 bits per heavy atom. The van der Waals surface area contributed by atoms with Gasteiger partial charge in [0.2, 0.25) is 0 Å². The normalized spacial score (nSPS) is 11.1. The van der Waals surface area contributed by atoms with Crippen LogP contribution in [0.15, 0.2) is 48.5 Å². The third-order valence-corrected chi connectivity index (χ3v) is 5.27. The molecule has 0 radical (unpaired) electrons. The lowest BCUT2D eigenvalue weighted by molar-refractivity contribution is 0.417. The SMILES string of the molecule is COc1cc(-c2cc(OC)c3cc(Cl)ccc3c2O)c(O)c2ccc(Cl)cc12. The van der Waals surface area contributed by atoms with Crippen LogP contribution in [-0.2, 0) is 0 Å². The predicted octanol–water partition coefficient (Wildman–Crippen LogP) is 6.40. The average molecular weight is 415 g/mol. The highest BCUT2D eigenvalue weighted by atomic mass is 35.5. The number of rotatable bonds is 3. The molecule has 0 spiro atoms. The van der Waals surface area contributed by atoms with E-state index in [9.17, 15) is 10.2 Å². The molecule has 0 aromatic heterocycles. The molecule has 4 nitrogen and oxygen atoms in total. The fourth-order valence-electron chi connectivity index (χ4n) is 3.45. The van der Waals surface area contributed by atoms with Gasteiger partial charge in [-0.05, 0) is 48.5 Å². The first kappa shape index (κ1) is 18.5. The van der Waals surface area contributed by atoms with Crippen molar-refractivity contribution in [1.29, 1.82) is 0 Å². The van der Waals surface area contributed by atoms with Crippen molar-refractivity contribution in [3.63, 3.8) is 0 Å². The van der Waals surface area contributed by atoms with Gasteiger partial charge in [0, 0.05) is 42.7 Å². The van der Waals surface area contributed by atoms with Crippen LogP contribution in [0.25, 0.3) is 32.7 Å². The van der Waals surface area contributed by atoms with E-state index >= 15 is 0 Å². The van der Waals surface area contributed by atoms with Gasteiger partial charge in [-0.25, -0.2) is 0 Å². The van der Waals surface area contributed by atoms with E-state index in [4.69, 9.17) is 32.7 Å². The topological polar surface area (TPSA) is 58.9 Å². The Balaban J connectivity index is 2.09. The molecular weight excluding hydrogens is 399 g/mol. The van der Waals surface area contributed by atoms with Gasteiger partial charge in [0.15, 0.2) is 0 Å². The molecule has 0 saturated heterocycles. The highest BCUT2D eigenvalue weighted by molar-refractivity contribution is 6.32. The van der Waals surface area contributed by atoms with Gasteiger partial charge in [-0.3, -0.25) is 0 Å². The number of methoxy groups -OCH3 is 2. The van der Waals surface area contributed by atoms with Crippen LogP contribution in [0.5, 0.6) is 23.0 Å². The van der Waals surface area contributed by atoms with Crippen LogP contribution < -0.4 is 9.47 Å². The molecule has 4 aromatic rings. The summed E-state index contributed by atoms with van der Waals surface area (Å²) in [6, 6.07) is 13.6. The van der Waals surface area contributed by atoms with Crippen molar-refractivity contribution in [3.8, 4) is 34.1 Å². The van der Waals surface area contributed by atoms with E-state index in [0.29, 0.717) is 54.2 Å². The van der Waals surface area contributed by atoms with Crippen molar-refractivity contribution in [3.05, 3.63) is 58.6 Å². The van der Waals surface area contributed by atoms with E-state index in [2.05, 4.69) is 0 Å². The number of hydrogen-bond donors (Lipinski definition) is 2. The second-order valence-corrected chi connectivity index (χ2v) is 7.20. The van der Waals surface area contributed by atoms with Crippen molar-refractivity contribution in [1.82, 2.24) is 0 Å². The maximum absolute atomic E-state index is 10.9. The van der Waals surface area contributed by atoms with E-state index in [1.807, 2.05) is 0 Å². The molecule has 6 heteroatoms. The summed E-state index contributed by atoms with van der Waals surface area (Å²) in [6.45, 7) is 0. The molecule has 142 valence electrons. The molecule has 28 heavy (non-hydrogen) atoms. The van der Waals surface area contributed by atoms with E-state index in [1.165, 1.54) is 0 Å². The lowest BCUT2D eigenvalue weighted by Crippen LogP contribution is -1.92. The van der Waals surface area contributed by atoms with Gasteiger partial charge in [-0.2, -0.15) is 0 Å². The van der Waals surface area contributed by atoms with Gasteiger partial charge < -0.3 is 19.7 Å². The molecule has 0 heterocycles. The zero-order valence-corrected chi connectivity index (χ0v) is 16.6. The summed E-state index contributed by atoms with van der Waals surface area (Å²) in [7, 11) is 3.08. The van der Waals surface area contributed by atoms with E-state index < -0.39 is 0 Å². The standard InChI is InChI=1S/C22H16Cl2O4/c1-27-19-9-17(21(25)13-5-3-11(23)7-15(13)19)18-10-20(28-2)16-8-12(24)4-6-14(16)22(18)26/h3-10,25-26H,1-2H3. The predicted molar refractivity (Wildman–Crippen MR) is 113 cm³/mol. The van der Waals surface area contributed by atoms with Crippen LogP contribution in [0.2, 0.25) is 10.0 Å². The largest absolute Gasteiger partial charge is 0.507 e. The molecule has 0 atom stereocenters. The Hall–Kier alpha value is -2.82. The molecule has 2 N–H and O–H groups in total. The number of aromatic hydroxyl groups is 2. The second kappa shape index (κ2) is 6.97. The van der Waals surface area contributed by atoms with Crippen molar-refractivity contribution >= 4 is 44.7 Å². The van der Waals surface area contributed by atoms with Crippen LogP contribution in [0.4, 0.5) is 0 Å². The smallest absolute Gasteiger partial charge is 0.131 e. The van der Waals surface area contributed by atoms with Crippen LogP contribution in [-0.4, -0.2) is 24.4 Å². The lowest BCUT2D eigenvalue weighted by atomic mass is 9.95. The lowest BCUT2D eigenvalue weighted by Gasteiger charge is -2.16. The van der Waals surface area contributed by atoms with Crippen LogP contribution in [0.3, 0.4) is 0 Å². The Labute approximate surface area is 171 Å². The summed E-state index contributed by atoms with van der Waals surface area (Å²) in [4.78, 5) is 0. The van der Waals surface area contributed by atoms with Crippen molar-refractivity contribution < 1.29 is 19.7 Å². The molecule has 0 amide bonds. The number of phenolic OH excluding ortho intramolecular Hbond substituents is 2. The molecule has 4 rings (SSSR count). The van der Waals surface area contributed by atoms with Crippen molar-refractivity contribution in [2.75, 3.05) is 14.2 Å². The summed E-state index contributed by atoms with van der Waals surface area (Å²) >= 11 is 12.2. The summed E-state index contributed by atoms with van der Waals surface area (Å²) in [5, 5.41) is 25.4. The molecule has 4 aromatic carbocycles. The molecule has 0 fully saturated rings. The highest BCUT2D eigenvalue weighted by Gasteiger charge is 2.20. The van der Waals surface area contributed by atoms with E-state index in [1.54, 1.807) is 62.8 Å². The zero-order chi connectivity index (χ0) is 20.0. The summed E-state index contributed by atoms with van der Waals surface area (Å²) < 4.78 is 11.0.